The number of thiophene rings is 1. The van der Waals surface area contributed by atoms with E-state index in [0.29, 0.717) is 11.7 Å². The molecule has 3 aromatic heterocycles. The molecule has 2 saturated heterocycles. The van der Waals surface area contributed by atoms with Crippen LogP contribution in [-0.2, 0) is 13.1 Å². The summed E-state index contributed by atoms with van der Waals surface area (Å²) in [5, 5.41) is 6.17. The van der Waals surface area contributed by atoms with Crippen LogP contribution in [0.4, 0.5) is 11.4 Å². The molecule has 9 nitrogen and oxygen atoms in total. The van der Waals surface area contributed by atoms with Crippen molar-refractivity contribution in [1.29, 1.82) is 0 Å². The lowest BCUT2D eigenvalue weighted by Crippen LogP contribution is -2.50. The van der Waals surface area contributed by atoms with E-state index in [9.17, 15) is 0 Å². The summed E-state index contributed by atoms with van der Waals surface area (Å²) in [5.74, 6) is 1.88. The highest BCUT2D eigenvalue weighted by molar-refractivity contribution is 8.06. The van der Waals surface area contributed by atoms with Crippen molar-refractivity contribution >= 4 is 68.0 Å². The van der Waals surface area contributed by atoms with E-state index in [0.717, 1.165) is 59.6 Å². The molecule has 2 atom stereocenters. The maximum atomic E-state index is 6.59. The van der Waals surface area contributed by atoms with E-state index >= 15 is 0 Å². The number of aliphatic imine (C=N–C) groups is 2. The Kier molecular flexibility index (Phi) is 13.5. The Labute approximate surface area is 329 Å². The Morgan fingerprint density at radius 1 is 0.907 bits per heavy atom. The predicted molar refractivity (Wildman–Crippen MR) is 234 cm³/mol. The van der Waals surface area contributed by atoms with Gasteiger partial charge in [-0.1, -0.05) is 50.0 Å². The van der Waals surface area contributed by atoms with E-state index in [4.69, 9.17) is 17.2 Å². The molecule has 2 unspecified atom stereocenters. The fourth-order valence-electron chi connectivity index (χ4n) is 7.53. The third kappa shape index (κ3) is 10.1. The lowest BCUT2D eigenvalue weighted by molar-refractivity contribution is 0.161. The Bertz CT molecular complexity index is 2070. The molecular formula is C43H57N9S2. The van der Waals surface area contributed by atoms with Crippen molar-refractivity contribution in [2.45, 2.75) is 70.6 Å². The first-order chi connectivity index (χ1) is 26.1. The Morgan fingerprint density at radius 3 is 2.26 bits per heavy atom. The van der Waals surface area contributed by atoms with Gasteiger partial charge in [0.15, 0.2) is 0 Å². The number of nitrogens with zero attached hydrogens (tertiary/aromatic N) is 6. The van der Waals surface area contributed by atoms with Gasteiger partial charge in [-0.3, -0.25) is 4.90 Å². The SMILES string of the molecule is C=CSC(=C)C(N)=Nc1ccc2ccn(CCCN3CCCC(C)CC3)c2c1.CN1CCCC1(N)CCn1ccc2ccc(N=C(N)c3cccs3)cc21. The van der Waals surface area contributed by atoms with E-state index in [1.54, 1.807) is 16.7 Å². The molecule has 0 radical (unpaired) electrons. The van der Waals surface area contributed by atoms with Gasteiger partial charge in [0.05, 0.1) is 32.9 Å². The molecule has 5 aromatic rings. The fraction of sp³-hybridized carbons (Fsp3) is 0.395. The van der Waals surface area contributed by atoms with Crippen molar-refractivity contribution in [1.82, 2.24) is 18.9 Å². The number of aromatic nitrogens is 2. The van der Waals surface area contributed by atoms with Crippen molar-refractivity contribution in [2.24, 2.45) is 33.1 Å². The van der Waals surface area contributed by atoms with Crippen molar-refractivity contribution in [3.63, 3.8) is 0 Å². The lowest BCUT2D eigenvalue weighted by atomic mass is 10.0. The standard InChI is InChI=1S/C23H32N4S.C20H25N5S/c1-4-28-19(3)23(24)25-21-9-8-20-11-16-27(22(20)17-21)14-6-13-26-12-5-7-18(2)10-15-26;1-24-10-3-8-20(24,22)9-12-25-11-7-15-5-6-16(14-17(15)25)23-19(21)18-4-2-13-26-18/h4,8-9,11,16-18H,1,3,5-7,10,12-15H2,2H3,(H2,24,25);2,4-7,11,13-14H,3,8-10,12,22H2,1H3,(H2,21,23). The number of rotatable bonds is 13. The van der Waals surface area contributed by atoms with Crippen LogP contribution in [0.3, 0.4) is 0 Å². The van der Waals surface area contributed by atoms with Gasteiger partial charge in [-0.05, 0) is 148 Å². The van der Waals surface area contributed by atoms with Crippen molar-refractivity contribution in [3.05, 3.63) is 107 Å². The van der Waals surface area contributed by atoms with Crippen LogP contribution in [0.5, 0.6) is 0 Å². The summed E-state index contributed by atoms with van der Waals surface area (Å²) in [7, 11) is 2.13. The second kappa shape index (κ2) is 18.5. The summed E-state index contributed by atoms with van der Waals surface area (Å²) in [6.45, 7) is 16.7. The number of hydrogen-bond donors (Lipinski definition) is 3. The molecule has 286 valence electrons. The quantitative estimate of drug-likeness (QED) is 0.0814. The van der Waals surface area contributed by atoms with Crippen LogP contribution in [0, 0.1) is 5.92 Å². The third-order valence-electron chi connectivity index (χ3n) is 10.9. The molecule has 2 aliphatic rings. The lowest BCUT2D eigenvalue weighted by Gasteiger charge is -2.32. The maximum Gasteiger partial charge on any atom is 0.141 e. The maximum absolute atomic E-state index is 6.59. The van der Waals surface area contributed by atoms with Crippen LogP contribution in [0.2, 0.25) is 0 Å². The minimum atomic E-state index is -0.185. The number of likely N-dealkylation sites (tertiary alicyclic amines) is 2. The Balaban J connectivity index is 0.000000185. The summed E-state index contributed by atoms with van der Waals surface area (Å²) < 4.78 is 4.61. The van der Waals surface area contributed by atoms with Gasteiger partial charge in [-0.15, -0.1) is 11.3 Å². The first-order valence-corrected chi connectivity index (χ1v) is 21.0. The summed E-state index contributed by atoms with van der Waals surface area (Å²) >= 11 is 3.00. The average molecular weight is 764 g/mol. The van der Waals surface area contributed by atoms with Crippen molar-refractivity contribution in [3.8, 4) is 0 Å². The number of thioether (sulfide) groups is 1. The van der Waals surface area contributed by atoms with Crippen LogP contribution >= 0.6 is 23.1 Å². The zero-order chi connectivity index (χ0) is 38.1. The number of fused-ring (bicyclic) bond motifs is 2. The molecule has 0 bridgehead atoms. The third-order valence-corrected chi connectivity index (χ3v) is 12.5. The van der Waals surface area contributed by atoms with E-state index in [1.165, 1.54) is 85.3 Å². The number of nitrogens with two attached hydrogens (primary N) is 3. The minimum Gasteiger partial charge on any atom is -0.383 e. The summed E-state index contributed by atoms with van der Waals surface area (Å²) in [4.78, 5) is 15.8. The van der Waals surface area contributed by atoms with E-state index in [-0.39, 0.29) is 5.66 Å². The van der Waals surface area contributed by atoms with Gasteiger partial charge in [-0.2, -0.15) is 0 Å². The topological polar surface area (TPSA) is 119 Å². The largest absolute Gasteiger partial charge is 0.383 e. The summed E-state index contributed by atoms with van der Waals surface area (Å²) in [6, 6.07) is 20.7. The van der Waals surface area contributed by atoms with Gasteiger partial charge >= 0.3 is 0 Å². The number of aryl methyl sites for hydroxylation is 2. The molecule has 6 N–H and O–H groups in total. The summed E-state index contributed by atoms with van der Waals surface area (Å²) in [6.07, 6.45) is 12.7. The van der Waals surface area contributed by atoms with Crippen LogP contribution in [0.1, 0.15) is 56.7 Å². The monoisotopic (exact) mass is 763 g/mol. The smallest absolute Gasteiger partial charge is 0.141 e. The van der Waals surface area contributed by atoms with E-state index < -0.39 is 0 Å². The average Bonchev–Trinajstić information content (AvgIpc) is 3.96. The molecule has 2 fully saturated rings. The van der Waals surface area contributed by atoms with E-state index in [1.807, 2.05) is 29.6 Å². The van der Waals surface area contributed by atoms with E-state index in [2.05, 4.69) is 105 Å². The molecule has 7 rings (SSSR count). The highest BCUT2D eigenvalue weighted by atomic mass is 32.2. The second-order valence-electron chi connectivity index (χ2n) is 14.8. The van der Waals surface area contributed by atoms with Crippen molar-refractivity contribution in [2.75, 3.05) is 33.2 Å². The Morgan fingerprint density at radius 2 is 1.61 bits per heavy atom. The molecule has 5 heterocycles. The molecular weight excluding hydrogens is 707 g/mol. The van der Waals surface area contributed by atoms with Gasteiger partial charge in [0, 0.05) is 30.4 Å². The van der Waals surface area contributed by atoms with Gasteiger partial charge in [0.25, 0.3) is 0 Å². The first-order valence-electron chi connectivity index (χ1n) is 19.2. The molecule has 2 aromatic carbocycles. The van der Waals surface area contributed by atoms with Gasteiger partial charge in [-0.25, -0.2) is 9.98 Å². The molecule has 0 saturated carbocycles. The second-order valence-corrected chi connectivity index (χ2v) is 16.8. The number of amidine groups is 2. The molecule has 54 heavy (non-hydrogen) atoms. The molecule has 0 amide bonds. The molecule has 11 heteroatoms. The van der Waals surface area contributed by atoms with Crippen LogP contribution in [0.25, 0.3) is 21.8 Å². The fourth-order valence-corrected chi connectivity index (χ4v) is 8.53. The van der Waals surface area contributed by atoms with Crippen LogP contribution in [-0.4, -0.2) is 69.5 Å². The summed E-state index contributed by atoms with van der Waals surface area (Å²) in [5.41, 5.74) is 22.7. The van der Waals surface area contributed by atoms with Gasteiger partial charge < -0.3 is 31.2 Å². The minimum absolute atomic E-state index is 0.185. The van der Waals surface area contributed by atoms with Crippen molar-refractivity contribution < 1.29 is 0 Å². The number of benzene rings is 2. The predicted octanol–water partition coefficient (Wildman–Crippen LogP) is 9.04. The van der Waals surface area contributed by atoms with Gasteiger partial charge in [0.1, 0.15) is 11.7 Å². The highest BCUT2D eigenvalue weighted by Crippen LogP contribution is 2.29. The highest BCUT2D eigenvalue weighted by Gasteiger charge is 2.34. The molecule has 0 spiro atoms. The number of hydrogen-bond acceptors (Lipinski definition) is 7. The first kappa shape index (κ1) is 39.6. The van der Waals surface area contributed by atoms with Gasteiger partial charge in [0.2, 0.25) is 0 Å². The van der Waals surface area contributed by atoms with Crippen LogP contribution < -0.4 is 17.2 Å². The zero-order valence-corrected chi connectivity index (χ0v) is 33.6. The molecule has 0 aliphatic carbocycles. The Hall–Kier alpha value is -4.13. The molecule has 2 aliphatic heterocycles. The normalized spacial score (nSPS) is 20.2. The zero-order valence-electron chi connectivity index (χ0n) is 32.0. The van der Waals surface area contributed by atoms with Crippen LogP contribution in [0.15, 0.2) is 112 Å².